The third kappa shape index (κ3) is 4.36. The molecule has 2 aromatic carbocycles. The van der Waals surface area contributed by atoms with Crippen molar-refractivity contribution in [2.75, 3.05) is 12.4 Å². The maximum atomic E-state index is 12.2. The van der Waals surface area contributed by atoms with Gasteiger partial charge in [0.1, 0.15) is 11.3 Å². The second-order valence-electron chi connectivity index (χ2n) is 6.61. The molecule has 0 aliphatic heterocycles. The van der Waals surface area contributed by atoms with E-state index in [-0.39, 0.29) is 24.3 Å². The summed E-state index contributed by atoms with van der Waals surface area (Å²) in [4.78, 5) is 28.4. The Hall–Kier alpha value is -2.80. The first-order chi connectivity index (χ1) is 13.7. The number of thioether (sulfide) groups is 1. The molecule has 1 aliphatic rings. The minimum Gasteiger partial charge on any atom is -0.455 e. The maximum Gasteiger partial charge on any atom is 0.316 e. The maximum absolute atomic E-state index is 12.2. The van der Waals surface area contributed by atoms with Gasteiger partial charge in [0, 0.05) is 0 Å². The molecule has 1 N–H and O–H groups in total. The van der Waals surface area contributed by atoms with Gasteiger partial charge in [-0.25, -0.2) is 4.98 Å². The van der Waals surface area contributed by atoms with Crippen LogP contribution in [0.1, 0.15) is 30.0 Å². The first-order valence-corrected chi connectivity index (χ1v) is 10.2. The average Bonchev–Trinajstić information content (AvgIpc) is 3.14. The third-order valence-corrected chi connectivity index (χ3v) is 5.46. The van der Waals surface area contributed by atoms with Crippen molar-refractivity contribution in [2.45, 2.75) is 30.5 Å². The van der Waals surface area contributed by atoms with Crippen LogP contribution >= 0.6 is 11.8 Å². The van der Waals surface area contributed by atoms with Crippen molar-refractivity contribution in [3.63, 3.8) is 0 Å². The normalized spacial score (nSPS) is 15.8. The summed E-state index contributed by atoms with van der Waals surface area (Å²) in [5.74, 6) is -0.736. The number of esters is 1. The number of nitrogens with one attached hydrogen (secondary N) is 1. The summed E-state index contributed by atoms with van der Waals surface area (Å²) in [5, 5.41) is 3.37. The summed E-state index contributed by atoms with van der Waals surface area (Å²) >= 11 is 1.15. The number of ether oxygens (including phenoxy) is 1. The van der Waals surface area contributed by atoms with Gasteiger partial charge in [-0.3, -0.25) is 9.59 Å². The molecule has 0 radical (unpaired) electrons. The highest BCUT2D eigenvalue weighted by molar-refractivity contribution is 7.99. The van der Waals surface area contributed by atoms with Crippen LogP contribution in [-0.4, -0.2) is 29.2 Å². The van der Waals surface area contributed by atoms with E-state index >= 15 is 0 Å². The van der Waals surface area contributed by atoms with Crippen LogP contribution < -0.4 is 5.32 Å². The molecular weight excluding hydrogens is 376 g/mol. The van der Waals surface area contributed by atoms with Gasteiger partial charge in [0.2, 0.25) is 0 Å². The molecule has 0 saturated carbocycles. The lowest BCUT2D eigenvalue weighted by Gasteiger charge is -2.26. The topological polar surface area (TPSA) is 81.4 Å². The lowest BCUT2D eigenvalue weighted by Crippen LogP contribution is -2.34. The van der Waals surface area contributed by atoms with Crippen LogP contribution in [0, 0.1) is 0 Å². The van der Waals surface area contributed by atoms with E-state index in [2.05, 4.69) is 16.4 Å². The first-order valence-electron chi connectivity index (χ1n) is 9.20. The lowest BCUT2D eigenvalue weighted by molar-refractivity contribution is -0.146. The number of hydrogen-bond donors (Lipinski definition) is 1. The highest BCUT2D eigenvalue weighted by Gasteiger charge is 2.21. The van der Waals surface area contributed by atoms with Crippen LogP contribution in [0.2, 0.25) is 0 Å². The molecular formula is C21H20N2O4S. The average molecular weight is 396 g/mol. The summed E-state index contributed by atoms with van der Waals surface area (Å²) in [6.07, 6.45) is 2.96. The Morgan fingerprint density at radius 2 is 2.00 bits per heavy atom. The second-order valence-corrected chi connectivity index (χ2v) is 7.53. The van der Waals surface area contributed by atoms with Crippen molar-refractivity contribution in [1.82, 2.24) is 10.3 Å². The zero-order valence-corrected chi connectivity index (χ0v) is 16.0. The number of benzene rings is 2. The number of aromatic nitrogens is 1. The molecule has 1 heterocycles. The number of amides is 1. The van der Waals surface area contributed by atoms with Gasteiger partial charge in [-0.1, -0.05) is 48.2 Å². The number of aryl methyl sites for hydroxylation is 1. The third-order valence-electron chi connectivity index (χ3n) is 4.66. The molecule has 0 spiro atoms. The van der Waals surface area contributed by atoms with E-state index in [4.69, 9.17) is 9.15 Å². The number of fused-ring (bicyclic) bond motifs is 2. The molecule has 1 aromatic heterocycles. The Morgan fingerprint density at radius 3 is 2.89 bits per heavy atom. The molecule has 144 valence electrons. The molecule has 1 aliphatic carbocycles. The van der Waals surface area contributed by atoms with Crippen LogP contribution in [0.15, 0.2) is 58.2 Å². The summed E-state index contributed by atoms with van der Waals surface area (Å²) in [6, 6.07) is 15.5. The van der Waals surface area contributed by atoms with E-state index in [9.17, 15) is 9.59 Å². The van der Waals surface area contributed by atoms with E-state index in [1.54, 1.807) is 0 Å². The smallest absolute Gasteiger partial charge is 0.316 e. The van der Waals surface area contributed by atoms with E-state index in [1.165, 1.54) is 5.56 Å². The van der Waals surface area contributed by atoms with Gasteiger partial charge in [0.05, 0.1) is 6.04 Å². The van der Waals surface area contributed by atoms with Crippen LogP contribution in [0.3, 0.4) is 0 Å². The van der Waals surface area contributed by atoms with Gasteiger partial charge in [0.15, 0.2) is 12.2 Å². The Balaban J connectivity index is 1.24. The van der Waals surface area contributed by atoms with Crippen LogP contribution in [0.5, 0.6) is 0 Å². The second kappa shape index (κ2) is 8.48. The molecule has 0 bridgehead atoms. The standard InChI is InChI=1S/C21H20N2O4S/c24-19(22-16-10-5-7-14-6-1-2-8-15(14)16)12-26-20(25)13-28-21-23-17-9-3-4-11-18(17)27-21/h1-4,6,8-9,11,16H,5,7,10,12-13H2,(H,22,24)/t16-/m0/s1. The highest BCUT2D eigenvalue weighted by atomic mass is 32.2. The quantitative estimate of drug-likeness (QED) is 0.506. The zero-order valence-electron chi connectivity index (χ0n) is 15.2. The first kappa shape index (κ1) is 18.6. The van der Waals surface area contributed by atoms with Gasteiger partial charge >= 0.3 is 5.97 Å². The van der Waals surface area contributed by atoms with Crippen LogP contribution in [0.4, 0.5) is 0 Å². The van der Waals surface area contributed by atoms with Gasteiger partial charge in [0.25, 0.3) is 11.1 Å². The van der Waals surface area contributed by atoms with Gasteiger partial charge in [-0.05, 0) is 42.5 Å². The highest BCUT2D eigenvalue weighted by Crippen LogP contribution is 2.29. The Bertz CT molecular complexity index is 968. The molecule has 4 rings (SSSR count). The number of carbonyl (C=O) groups excluding carboxylic acids is 2. The molecule has 3 aromatic rings. The molecule has 6 nitrogen and oxygen atoms in total. The van der Waals surface area contributed by atoms with Gasteiger partial charge in [-0.15, -0.1) is 0 Å². The lowest BCUT2D eigenvalue weighted by atomic mass is 9.88. The molecule has 0 saturated heterocycles. The summed E-state index contributed by atoms with van der Waals surface area (Å²) < 4.78 is 10.6. The SMILES string of the molecule is O=C(COC(=O)CSc1nc2ccccc2o1)N[C@H]1CCCc2ccccc21. The summed E-state index contributed by atoms with van der Waals surface area (Å²) in [5.41, 5.74) is 3.83. The van der Waals surface area contributed by atoms with Gasteiger partial charge in [-0.2, -0.15) is 0 Å². The predicted molar refractivity (Wildman–Crippen MR) is 106 cm³/mol. The number of nitrogens with zero attached hydrogens (tertiary/aromatic N) is 1. The number of hydrogen-bond acceptors (Lipinski definition) is 6. The monoisotopic (exact) mass is 396 g/mol. The predicted octanol–water partition coefficient (Wildman–Crippen LogP) is 3.66. The minimum atomic E-state index is -0.480. The van der Waals surface area contributed by atoms with Crippen molar-refractivity contribution in [3.05, 3.63) is 59.7 Å². The minimum absolute atomic E-state index is 0.0229. The Kier molecular flexibility index (Phi) is 5.62. The summed E-state index contributed by atoms with van der Waals surface area (Å²) in [6.45, 7) is -0.286. The number of rotatable bonds is 6. The fraction of sp³-hybridized carbons (Fsp3) is 0.286. The van der Waals surface area contributed by atoms with Crippen molar-refractivity contribution < 1.29 is 18.7 Å². The van der Waals surface area contributed by atoms with E-state index < -0.39 is 5.97 Å². The molecule has 1 amide bonds. The molecule has 0 unspecified atom stereocenters. The Morgan fingerprint density at radius 1 is 1.18 bits per heavy atom. The molecule has 0 fully saturated rings. The number of para-hydroxylation sites is 2. The molecule has 28 heavy (non-hydrogen) atoms. The van der Waals surface area contributed by atoms with E-state index in [1.807, 2.05) is 42.5 Å². The van der Waals surface area contributed by atoms with Crippen LogP contribution in [0.25, 0.3) is 11.1 Å². The van der Waals surface area contributed by atoms with Crippen LogP contribution in [-0.2, 0) is 20.7 Å². The molecule has 1 atom stereocenters. The van der Waals surface area contributed by atoms with Crippen molar-refractivity contribution in [1.29, 1.82) is 0 Å². The molecule has 7 heteroatoms. The Labute approximate surface area is 166 Å². The van der Waals surface area contributed by atoms with Gasteiger partial charge < -0.3 is 14.5 Å². The number of oxazole rings is 1. The fourth-order valence-corrected chi connectivity index (χ4v) is 4.00. The zero-order chi connectivity index (χ0) is 19.3. The number of carbonyl (C=O) groups is 2. The summed E-state index contributed by atoms with van der Waals surface area (Å²) in [7, 11) is 0. The largest absolute Gasteiger partial charge is 0.455 e. The van der Waals surface area contributed by atoms with E-state index in [0.29, 0.717) is 10.8 Å². The van der Waals surface area contributed by atoms with E-state index in [0.717, 1.165) is 42.1 Å². The fourth-order valence-electron chi connectivity index (χ4n) is 3.36. The van der Waals surface area contributed by atoms with Crippen molar-refractivity contribution in [3.8, 4) is 0 Å². The van der Waals surface area contributed by atoms with Crippen molar-refractivity contribution >= 4 is 34.7 Å². The van der Waals surface area contributed by atoms with Crippen molar-refractivity contribution in [2.24, 2.45) is 0 Å².